The van der Waals surface area contributed by atoms with Gasteiger partial charge in [-0.1, -0.05) is 6.07 Å². The average Bonchev–Trinajstić information content (AvgIpc) is 3.09. The van der Waals surface area contributed by atoms with E-state index in [-0.39, 0.29) is 24.6 Å². The minimum Gasteiger partial charge on any atom is -0.394 e. The van der Waals surface area contributed by atoms with E-state index in [1.807, 2.05) is 0 Å². The molecule has 0 radical (unpaired) electrons. The third kappa shape index (κ3) is 2.69. The van der Waals surface area contributed by atoms with E-state index in [1.54, 1.807) is 6.07 Å². The third-order valence-electron chi connectivity index (χ3n) is 4.42. The van der Waals surface area contributed by atoms with Gasteiger partial charge in [0, 0.05) is 26.0 Å². The van der Waals surface area contributed by atoms with Crippen LogP contribution in [0.15, 0.2) is 12.1 Å². The van der Waals surface area contributed by atoms with Crippen LogP contribution in [0.2, 0.25) is 0 Å². The predicted octanol–water partition coefficient (Wildman–Crippen LogP) is 0.687. The Hall–Kier alpha value is -2.03. The molecule has 1 fully saturated rings. The number of carbonyl (C=O) groups excluding carboxylic acids is 1. The molecule has 8 nitrogen and oxygen atoms in total. The minimum absolute atomic E-state index is 0.129. The summed E-state index contributed by atoms with van der Waals surface area (Å²) in [4.78, 5) is 24.0. The highest BCUT2D eigenvalue weighted by Gasteiger charge is 2.37. The van der Waals surface area contributed by atoms with Crippen molar-refractivity contribution < 1.29 is 24.7 Å². The Morgan fingerprint density at radius 3 is 2.83 bits per heavy atom. The molecule has 0 aliphatic carbocycles. The van der Waals surface area contributed by atoms with Gasteiger partial charge in [-0.25, -0.2) is 0 Å². The standard InChI is InChI=1S/C15H18N2O6/c1-8(19)16-3-2-9-4-10(5-11(15(9)16)17(21)22)13-6-12(20)14(7-18)23-13/h4-5,12-14,18,20H,2-3,6-7H2,1H3/t12-,13+,14+/m0/s1. The molecular formula is C15H18N2O6. The van der Waals surface area contributed by atoms with Crippen molar-refractivity contribution in [3.63, 3.8) is 0 Å². The highest BCUT2D eigenvalue weighted by Crippen LogP contribution is 2.42. The van der Waals surface area contributed by atoms with Crippen LogP contribution in [0.1, 0.15) is 30.6 Å². The fourth-order valence-corrected chi connectivity index (χ4v) is 3.30. The number of aliphatic hydroxyl groups excluding tert-OH is 2. The molecule has 0 unspecified atom stereocenters. The number of fused-ring (bicyclic) bond motifs is 1. The number of nitro benzene ring substituents is 1. The van der Waals surface area contributed by atoms with Crippen LogP contribution in [0.25, 0.3) is 0 Å². The zero-order valence-corrected chi connectivity index (χ0v) is 12.6. The highest BCUT2D eigenvalue weighted by atomic mass is 16.6. The van der Waals surface area contributed by atoms with Gasteiger partial charge < -0.3 is 19.8 Å². The van der Waals surface area contributed by atoms with Gasteiger partial charge in [0.15, 0.2) is 0 Å². The van der Waals surface area contributed by atoms with Gasteiger partial charge >= 0.3 is 0 Å². The lowest BCUT2D eigenvalue weighted by atomic mass is 10.00. The number of ether oxygens (including phenoxy) is 1. The molecule has 3 rings (SSSR count). The zero-order chi connectivity index (χ0) is 16.7. The van der Waals surface area contributed by atoms with Gasteiger partial charge in [0.1, 0.15) is 11.8 Å². The number of hydrogen-bond donors (Lipinski definition) is 2. The van der Waals surface area contributed by atoms with Crippen LogP contribution in [-0.4, -0.2) is 46.4 Å². The van der Waals surface area contributed by atoms with Gasteiger partial charge in [0.05, 0.1) is 23.7 Å². The Balaban J connectivity index is 2.01. The summed E-state index contributed by atoms with van der Waals surface area (Å²) in [7, 11) is 0. The van der Waals surface area contributed by atoms with Crippen molar-refractivity contribution in [2.75, 3.05) is 18.1 Å². The number of hydrogen-bond acceptors (Lipinski definition) is 6. The molecular weight excluding hydrogens is 304 g/mol. The Morgan fingerprint density at radius 1 is 1.52 bits per heavy atom. The van der Waals surface area contributed by atoms with E-state index in [9.17, 15) is 20.0 Å². The summed E-state index contributed by atoms with van der Waals surface area (Å²) >= 11 is 0. The van der Waals surface area contributed by atoms with Gasteiger partial charge in [0.2, 0.25) is 5.91 Å². The normalized spacial score (nSPS) is 26.4. The molecule has 0 bridgehead atoms. The fourth-order valence-electron chi connectivity index (χ4n) is 3.30. The van der Waals surface area contributed by atoms with Crippen molar-refractivity contribution in [3.05, 3.63) is 33.4 Å². The van der Waals surface area contributed by atoms with E-state index < -0.39 is 23.2 Å². The van der Waals surface area contributed by atoms with Gasteiger partial charge in [-0.3, -0.25) is 14.9 Å². The second kappa shape index (κ2) is 5.88. The minimum atomic E-state index is -0.800. The van der Waals surface area contributed by atoms with E-state index in [1.165, 1.54) is 17.9 Å². The lowest BCUT2D eigenvalue weighted by molar-refractivity contribution is -0.384. The average molecular weight is 322 g/mol. The van der Waals surface area contributed by atoms with E-state index in [0.29, 0.717) is 24.2 Å². The molecule has 2 N–H and O–H groups in total. The summed E-state index contributed by atoms with van der Waals surface area (Å²) in [5.41, 5.74) is 1.55. The zero-order valence-electron chi connectivity index (χ0n) is 12.6. The quantitative estimate of drug-likeness (QED) is 0.625. The van der Waals surface area contributed by atoms with E-state index in [0.717, 1.165) is 5.56 Å². The van der Waals surface area contributed by atoms with Crippen LogP contribution >= 0.6 is 0 Å². The van der Waals surface area contributed by atoms with Crippen LogP contribution in [-0.2, 0) is 16.0 Å². The third-order valence-corrected chi connectivity index (χ3v) is 4.42. The van der Waals surface area contributed by atoms with Crippen LogP contribution in [0.5, 0.6) is 0 Å². The number of aliphatic hydroxyl groups is 2. The molecule has 23 heavy (non-hydrogen) atoms. The first kappa shape index (κ1) is 15.9. The summed E-state index contributed by atoms with van der Waals surface area (Å²) in [6.07, 6.45) is -1.16. The molecule has 0 spiro atoms. The molecule has 1 saturated heterocycles. The Morgan fingerprint density at radius 2 is 2.26 bits per heavy atom. The summed E-state index contributed by atoms with van der Waals surface area (Å²) in [6.45, 7) is 1.50. The molecule has 2 aliphatic rings. The van der Waals surface area contributed by atoms with Crippen molar-refractivity contribution in [1.29, 1.82) is 0 Å². The number of nitrogens with zero attached hydrogens (tertiary/aromatic N) is 2. The van der Waals surface area contributed by atoms with Crippen molar-refractivity contribution >= 4 is 17.3 Å². The largest absolute Gasteiger partial charge is 0.394 e. The fraction of sp³-hybridized carbons (Fsp3) is 0.533. The Bertz CT molecular complexity index is 662. The van der Waals surface area contributed by atoms with Gasteiger partial charge in [-0.05, 0) is 17.5 Å². The molecule has 3 atom stereocenters. The number of amides is 1. The maximum Gasteiger partial charge on any atom is 0.293 e. The topological polar surface area (TPSA) is 113 Å². The van der Waals surface area contributed by atoms with Crippen molar-refractivity contribution in [1.82, 2.24) is 0 Å². The van der Waals surface area contributed by atoms with E-state index in [4.69, 9.17) is 9.84 Å². The van der Waals surface area contributed by atoms with Gasteiger partial charge in [-0.15, -0.1) is 0 Å². The summed E-state index contributed by atoms with van der Waals surface area (Å²) < 4.78 is 5.57. The number of benzene rings is 1. The molecule has 1 aromatic rings. The van der Waals surface area contributed by atoms with Gasteiger partial charge in [-0.2, -0.15) is 0 Å². The first-order chi connectivity index (χ1) is 10.9. The van der Waals surface area contributed by atoms with Crippen LogP contribution in [0.3, 0.4) is 0 Å². The molecule has 124 valence electrons. The van der Waals surface area contributed by atoms with Crippen molar-refractivity contribution in [2.24, 2.45) is 0 Å². The monoisotopic (exact) mass is 322 g/mol. The first-order valence-corrected chi connectivity index (χ1v) is 7.46. The molecule has 1 amide bonds. The summed E-state index contributed by atoms with van der Waals surface area (Å²) in [5, 5.41) is 30.4. The summed E-state index contributed by atoms with van der Waals surface area (Å²) in [5.74, 6) is -0.229. The maximum atomic E-state index is 11.7. The number of nitro groups is 1. The SMILES string of the molecule is CC(=O)N1CCc2cc([C@H]3C[C@H](O)[C@@H](CO)O3)cc([N+](=O)[O-])c21. The smallest absolute Gasteiger partial charge is 0.293 e. The maximum absolute atomic E-state index is 11.7. The molecule has 8 heteroatoms. The number of anilines is 1. The number of rotatable bonds is 3. The van der Waals surface area contributed by atoms with Crippen molar-refractivity contribution in [3.8, 4) is 0 Å². The van der Waals surface area contributed by atoms with E-state index in [2.05, 4.69) is 0 Å². The molecule has 0 aromatic heterocycles. The van der Waals surface area contributed by atoms with E-state index >= 15 is 0 Å². The van der Waals surface area contributed by atoms with Crippen molar-refractivity contribution in [2.45, 2.75) is 38.1 Å². The molecule has 1 aromatic carbocycles. The second-order valence-electron chi connectivity index (χ2n) is 5.87. The lowest BCUT2D eigenvalue weighted by Gasteiger charge is -2.17. The molecule has 2 heterocycles. The molecule has 2 aliphatic heterocycles. The summed E-state index contributed by atoms with van der Waals surface area (Å²) in [6, 6.07) is 3.19. The Kier molecular flexibility index (Phi) is 4.05. The van der Waals surface area contributed by atoms with Crippen LogP contribution < -0.4 is 4.90 Å². The predicted molar refractivity (Wildman–Crippen MR) is 80.2 cm³/mol. The first-order valence-electron chi connectivity index (χ1n) is 7.46. The van der Waals surface area contributed by atoms with Gasteiger partial charge in [0.25, 0.3) is 5.69 Å². The number of carbonyl (C=O) groups is 1. The van der Waals surface area contributed by atoms with Crippen LogP contribution in [0.4, 0.5) is 11.4 Å². The Labute approximate surface area is 132 Å². The highest BCUT2D eigenvalue weighted by molar-refractivity contribution is 5.96. The molecule has 0 saturated carbocycles. The lowest BCUT2D eigenvalue weighted by Crippen LogP contribution is -2.26. The second-order valence-corrected chi connectivity index (χ2v) is 5.87. The van der Waals surface area contributed by atoms with Crippen LogP contribution in [0, 0.1) is 10.1 Å².